The van der Waals surface area contributed by atoms with Crippen molar-refractivity contribution in [3.63, 3.8) is 0 Å². The Labute approximate surface area is 126 Å². The van der Waals surface area contributed by atoms with E-state index in [1.54, 1.807) is 0 Å². The summed E-state index contributed by atoms with van der Waals surface area (Å²) in [5, 5.41) is 2.38. The number of benzene rings is 1. The van der Waals surface area contributed by atoms with E-state index < -0.39 is 44.9 Å². The van der Waals surface area contributed by atoms with Gasteiger partial charge in [0.25, 0.3) is 5.91 Å². The summed E-state index contributed by atoms with van der Waals surface area (Å²) in [6, 6.07) is 2.05. The lowest BCUT2D eigenvalue weighted by Crippen LogP contribution is -2.40. The molecule has 1 saturated heterocycles. The molecule has 1 aliphatic heterocycles. The van der Waals surface area contributed by atoms with Crippen LogP contribution >= 0.6 is 0 Å². The molecule has 0 aromatic heterocycles. The number of amides is 3. The van der Waals surface area contributed by atoms with Crippen LogP contribution in [0.1, 0.15) is 19.4 Å². The number of nitrogens with zero attached hydrogens (tertiary/aromatic N) is 1. The molecular formula is C13H13F3N2O3S. The normalized spacial score (nSPS) is 19.3. The van der Waals surface area contributed by atoms with Gasteiger partial charge in [0.15, 0.2) is 0 Å². The molecular weight excluding hydrogens is 321 g/mol. The number of hydrogen-bond acceptors (Lipinski definition) is 3. The number of rotatable bonds is 2. The molecule has 5 nitrogen and oxygen atoms in total. The lowest BCUT2D eigenvalue weighted by atomic mass is 10.1. The second-order valence-electron chi connectivity index (χ2n) is 5.33. The minimum Gasteiger partial charge on any atom is -0.323 e. The van der Waals surface area contributed by atoms with Crippen molar-refractivity contribution in [2.75, 3.05) is 11.2 Å². The highest BCUT2D eigenvalue weighted by Crippen LogP contribution is 2.37. The summed E-state index contributed by atoms with van der Waals surface area (Å²) < 4.78 is 50.7. The Bertz CT molecular complexity index is 686. The standard InChI is InChI=1S/C13H13F3N2O3S/c1-12(2)10(19)18(11(20)17-12)7-4-5-9(22(3)21)8(6-7)13(14,15)16/h4-6H,1-3H3,(H,17,20). The van der Waals surface area contributed by atoms with Crippen molar-refractivity contribution < 1.29 is 27.0 Å². The van der Waals surface area contributed by atoms with Gasteiger partial charge in [-0.05, 0) is 32.0 Å². The van der Waals surface area contributed by atoms with Gasteiger partial charge in [-0.3, -0.25) is 9.00 Å². The van der Waals surface area contributed by atoms with Crippen LogP contribution in [0.5, 0.6) is 0 Å². The van der Waals surface area contributed by atoms with Crippen LogP contribution in [0.15, 0.2) is 23.1 Å². The number of urea groups is 1. The van der Waals surface area contributed by atoms with Crippen LogP contribution in [0, 0.1) is 0 Å². The molecule has 1 unspecified atom stereocenters. The molecule has 2 rings (SSSR count). The summed E-state index contributed by atoms with van der Waals surface area (Å²) in [6.07, 6.45) is -3.62. The Morgan fingerprint density at radius 2 is 1.82 bits per heavy atom. The monoisotopic (exact) mass is 334 g/mol. The largest absolute Gasteiger partial charge is 0.417 e. The first-order chi connectivity index (χ1) is 9.95. The third-order valence-electron chi connectivity index (χ3n) is 3.20. The van der Waals surface area contributed by atoms with Crippen molar-refractivity contribution in [2.45, 2.75) is 30.5 Å². The van der Waals surface area contributed by atoms with Crippen LogP contribution in [0.25, 0.3) is 0 Å². The summed E-state index contributed by atoms with van der Waals surface area (Å²) in [5.41, 5.74) is -2.53. The van der Waals surface area contributed by atoms with Gasteiger partial charge in [-0.1, -0.05) is 0 Å². The Morgan fingerprint density at radius 3 is 2.23 bits per heavy atom. The zero-order valence-corrected chi connectivity index (χ0v) is 12.8. The van der Waals surface area contributed by atoms with Gasteiger partial charge in [-0.2, -0.15) is 13.2 Å². The highest BCUT2D eigenvalue weighted by molar-refractivity contribution is 7.84. The Kier molecular flexibility index (Phi) is 3.80. The van der Waals surface area contributed by atoms with Crippen LogP contribution in [0.3, 0.4) is 0 Å². The predicted octanol–water partition coefficient (Wildman–Crippen LogP) is 2.28. The highest BCUT2D eigenvalue weighted by atomic mass is 32.2. The number of imide groups is 1. The molecule has 0 radical (unpaired) electrons. The Morgan fingerprint density at radius 1 is 1.23 bits per heavy atom. The van der Waals surface area contributed by atoms with Gasteiger partial charge in [0.05, 0.1) is 26.9 Å². The minimum absolute atomic E-state index is 0.213. The van der Waals surface area contributed by atoms with Crippen LogP contribution < -0.4 is 10.2 Å². The molecule has 0 saturated carbocycles. The van der Waals surface area contributed by atoms with Crippen molar-refractivity contribution in [2.24, 2.45) is 0 Å². The number of nitrogens with one attached hydrogen (secondary N) is 1. The summed E-state index contributed by atoms with van der Waals surface area (Å²) >= 11 is 0. The lowest BCUT2D eigenvalue weighted by molar-refractivity contribution is -0.139. The molecule has 1 N–H and O–H groups in total. The lowest BCUT2D eigenvalue weighted by Gasteiger charge is -2.18. The van der Waals surface area contributed by atoms with Gasteiger partial charge in [0, 0.05) is 6.26 Å². The Hall–Kier alpha value is -1.90. The first-order valence-electron chi connectivity index (χ1n) is 6.16. The molecule has 3 amide bonds. The van der Waals surface area contributed by atoms with Crippen LogP contribution in [0.4, 0.5) is 23.7 Å². The molecule has 1 atom stereocenters. The van der Waals surface area contributed by atoms with E-state index in [0.717, 1.165) is 12.3 Å². The van der Waals surface area contributed by atoms with Crippen LogP contribution in [0.2, 0.25) is 0 Å². The van der Waals surface area contributed by atoms with Gasteiger partial charge in [-0.15, -0.1) is 0 Å². The summed E-state index contributed by atoms with van der Waals surface area (Å²) in [4.78, 5) is 24.2. The van der Waals surface area contributed by atoms with Gasteiger partial charge >= 0.3 is 12.2 Å². The van der Waals surface area contributed by atoms with Crippen LogP contribution in [-0.4, -0.2) is 27.9 Å². The summed E-state index contributed by atoms with van der Waals surface area (Å²) in [5.74, 6) is -0.656. The van der Waals surface area contributed by atoms with E-state index in [4.69, 9.17) is 0 Å². The Balaban J connectivity index is 2.57. The van der Waals surface area contributed by atoms with Gasteiger partial charge in [0.2, 0.25) is 0 Å². The fraction of sp³-hybridized carbons (Fsp3) is 0.385. The van der Waals surface area contributed by atoms with E-state index in [0.29, 0.717) is 11.0 Å². The van der Waals surface area contributed by atoms with E-state index in [2.05, 4.69) is 5.32 Å². The first kappa shape index (κ1) is 16.5. The maximum Gasteiger partial charge on any atom is 0.417 e. The average Bonchev–Trinajstić information content (AvgIpc) is 2.56. The average molecular weight is 334 g/mol. The van der Waals surface area contributed by atoms with Gasteiger partial charge in [0.1, 0.15) is 5.54 Å². The topological polar surface area (TPSA) is 66.5 Å². The van der Waals surface area contributed by atoms with E-state index >= 15 is 0 Å². The molecule has 120 valence electrons. The summed E-state index contributed by atoms with van der Waals surface area (Å²) in [6.45, 7) is 2.90. The predicted molar refractivity (Wildman–Crippen MR) is 73.9 cm³/mol. The third kappa shape index (κ3) is 2.72. The van der Waals surface area contributed by atoms with E-state index in [9.17, 15) is 27.0 Å². The molecule has 1 heterocycles. The van der Waals surface area contributed by atoms with Gasteiger partial charge < -0.3 is 5.32 Å². The van der Waals surface area contributed by atoms with Crippen molar-refractivity contribution in [1.82, 2.24) is 5.32 Å². The maximum absolute atomic E-state index is 13.1. The summed E-state index contributed by atoms with van der Waals surface area (Å²) in [7, 11) is -1.85. The second kappa shape index (κ2) is 5.08. The van der Waals surface area contributed by atoms with Gasteiger partial charge in [-0.25, -0.2) is 9.69 Å². The molecule has 0 spiro atoms. The number of carbonyl (C=O) groups excluding carboxylic acids is 2. The SMILES string of the molecule is CS(=O)c1ccc(N2C(=O)NC(C)(C)C2=O)cc1C(F)(F)F. The molecule has 1 fully saturated rings. The quantitative estimate of drug-likeness (QED) is 0.844. The molecule has 0 bridgehead atoms. The van der Waals surface area contributed by atoms with Crippen molar-refractivity contribution in [3.8, 4) is 0 Å². The fourth-order valence-corrected chi connectivity index (χ4v) is 2.86. The smallest absolute Gasteiger partial charge is 0.323 e. The number of carbonyl (C=O) groups is 2. The number of anilines is 1. The van der Waals surface area contributed by atoms with Crippen molar-refractivity contribution >= 4 is 28.4 Å². The zero-order chi connectivity index (χ0) is 16.9. The highest BCUT2D eigenvalue weighted by Gasteiger charge is 2.46. The molecule has 1 aliphatic rings. The number of halogens is 3. The number of alkyl halides is 3. The second-order valence-corrected chi connectivity index (χ2v) is 6.68. The van der Waals surface area contributed by atoms with Crippen molar-refractivity contribution in [1.29, 1.82) is 0 Å². The molecule has 1 aromatic carbocycles. The molecule has 9 heteroatoms. The maximum atomic E-state index is 13.1. The van der Waals surface area contributed by atoms with E-state index in [1.165, 1.54) is 19.9 Å². The van der Waals surface area contributed by atoms with E-state index in [-0.39, 0.29) is 5.69 Å². The first-order valence-corrected chi connectivity index (χ1v) is 7.72. The van der Waals surface area contributed by atoms with E-state index in [1.807, 2.05) is 0 Å². The van der Waals surface area contributed by atoms with Crippen molar-refractivity contribution in [3.05, 3.63) is 23.8 Å². The molecule has 1 aromatic rings. The fourth-order valence-electron chi connectivity index (χ4n) is 2.11. The third-order valence-corrected chi connectivity index (χ3v) is 4.17. The molecule has 0 aliphatic carbocycles. The van der Waals surface area contributed by atoms with Crippen LogP contribution in [-0.2, 0) is 21.8 Å². The molecule has 22 heavy (non-hydrogen) atoms. The number of hydrogen-bond donors (Lipinski definition) is 1. The zero-order valence-electron chi connectivity index (χ0n) is 11.9. The minimum atomic E-state index is -4.74.